The number of carbonyl (C=O) groups excluding carboxylic acids is 1. The third-order valence-electron chi connectivity index (χ3n) is 2.53. The number of aryl methyl sites for hydroxylation is 1. The van der Waals surface area contributed by atoms with Crippen LogP contribution in [-0.4, -0.2) is 22.1 Å². The highest BCUT2D eigenvalue weighted by molar-refractivity contribution is 9.10. The van der Waals surface area contributed by atoms with Gasteiger partial charge < -0.3 is 20.2 Å². The average molecular weight is 354 g/mol. The lowest BCUT2D eigenvalue weighted by molar-refractivity contribution is 0.0697. The van der Waals surface area contributed by atoms with Crippen LogP contribution in [0.5, 0.6) is 0 Å². The van der Waals surface area contributed by atoms with Gasteiger partial charge >= 0.3 is 12.0 Å². The van der Waals surface area contributed by atoms with Crippen LogP contribution in [0.1, 0.15) is 22.0 Å². The zero-order chi connectivity index (χ0) is 15.4. The molecule has 0 saturated heterocycles. The van der Waals surface area contributed by atoms with Crippen molar-refractivity contribution in [3.8, 4) is 0 Å². The van der Waals surface area contributed by atoms with Gasteiger partial charge in [-0.25, -0.2) is 14.6 Å². The minimum absolute atomic E-state index is 0.128. The van der Waals surface area contributed by atoms with Crippen LogP contribution in [0.25, 0.3) is 0 Å². The maximum absolute atomic E-state index is 11.7. The number of amides is 2. The quantitative estimate of drug-likeness (QED) is 0.783. The Kier molecular flexibility index (Phi) is 4.59. The smallest absolute Gasteiger partial charge is 0.335 e. The first-order valence-electron chi connectivity index (χ1n) is 5.94. The van der Waals surface area contributed by atoms with E-state index >= 15 is 0 Å². The first kappa shape index (κ1) is 15.0. The number of hydrogen-bond acceptors (Lipinski definition) is 4. The number of benzene rings is 1. The second-order valence-corrected chi connectivity index (χ2v) is 5.03. The van der Waals surface area contributed by atoms with Crippen molar-refractivity contribution < 1.29 is 19.1 Å². The van der Waals surface area contributed by atoms with E-state index in [0.717, 1.165) is 0 Å². The highest BCUT2D eigenvalue weighted by Crippen LogP contribution is 2.23. The maximum Gasteiger partial charge on any atom is 0.335 e. The molecule has 8 heteroatoms. The Morgan fingerprint density at radius 2 is 2.19 bits per heavy atom. The highest BCUT2D eigenvalue weighted by Gasteiger charge is 2.10. The van der Waals surface area contributed by atoms with Crippen LogP contribution in [-0.2, 0) is 6.54 Å². The second kappa shape index (κ2) is 6.40. The van der Waals surface area contributed by atoms with E-state index in [0.29, 0.717) is 21.8 Å². The van der Waals surface area contributed by atoms with E-state index in [1.807, 2.05) is 0 Å². The summed E-state index contributed by atoms with van der Waals surface area (Å²) < 4.78 is 5.70. The van der Waals surface area contributed by atoms with E-state index in [1.165, 1.54) is 18.2 Å². The Morgan fingerprint density at radius 1 is 1.43 bits per heavy atom. The zero-order valence-electron chi connectivity index (χ0n) is 11.0. The number of hydrogen-bond donors (Lipinski definition) is 3. The number of carbonyl (C=O) groups is 2. The molecule has 0 aliphatic heterocycles. The van der Waals surface area contributed by atoms with Crippen molar-refractivity contribution in [2.75, 3.05) is 5.32 Å². The molecule has 0 unspecified atom stereocenters. The standard InChI is InChI=1S/C13H12BrN3O4/c1-7-5-15-11(21-7)6-16-13(20)17-10-3-2-8(12(18)19)4-9(10)14/h2-5H,6H2,1H3,(H,18,19)(H2,16,17,20). The van der Waals surface area contributed by atoms with E-state index in [1.54, 1.807) is 13.1 Å². The Morgan fingerprint density at radius 3 is 2.76 bits per heavy atom. The predicted octanol–water partition coefficient (Wildman–Crippen LogP) is 2.77. The van der Waals surface area contributed by atoms with Crippen molar-refractivity contribution >= 4 is 33.6 Å². The minimum Gasteiger partial charge on any atom is -0.478 e. The molecule has 1 aromatic heterocycles. The summed E-state index contributed by atoms with van der Waals surface area (Å²) in [7, 11) is 0. The van der Waals surface area contributed by atoms with Gasteiger partial charge in [0.05, 0.1) is 24.0 Å². The molecule has 0 aliphatic carbocycles. The van der Waals surface area contributed by atoms with Crippen molar-refractivity contribution in [3.05, 3.63) is 46.1 Å². The minimum atomic E-state index is -1.04. The number of carboxylic acid groups (broad SMARTS) is 1. The molecular formula is C13H12BrN3O4. The van der Waals surface area contributed by atoms with E-state index in [4.69, 9.17) is 9.52 Å². The number of urea groups is 1. The molecule has 110 valence electrons. The Balaban J connectivity index is 1.94. The van der Waals surface area contributed by atoms with Gasteiger partial charge in [0.15, 0.2) is 0 Å². The molecule has 1 heterocycles. The van der Waals surface area contributed by atoms with Crippen molar-refractivity contribution in [1.82, 2.24) is 10.3 Å². The predicted molar refractivity (Wildman–Crippen MR) is 78.2 cm³/mol. The Labute approximate surface area is 128 Å². The van der Waals surface area contributed by atoms with Gasteiger partial charge in [-0.2, -0.15) is 0 Å². The molecule has 7 nitrogen and oxygen atoms in total. The number of aromatic nitrogens is 1. The van der Waals surface area contributed by atoms with Crippen LogP contribution in [0, 0.1) is 6.92 Å². The highest BCUT2D eigenvalue weighted by atomic mass is 79.9. The van der Waals surface area contributed by atoms with Gasteiger partial charge in [0.2, 0.25) is 5.89 Å². The number of anilines is 1. The molecule has 2 amide bonds. The Bertz CT molecular complexity index is 684. The van der Waals surface area contributed by atoms with Crippen molar-refractivity contribution in [2.24, 2.45) is 0 Å². The lowest BCUT2D eigenvalue weighted by Gasteiger charge is -2.08. The van der Waals surface area contributed by atoms with Crippen LogP contribution in [0.2, 0.25) is 0 Å². The molecule has 0 spiro atoms. The monoisotopic (exact) mass is 353 g/mol. The topological polar surface area (TPSA) is 104 Å². The van der Waals surface area contributed by atoms with Crippen LogP contribution < -0.4 is 10.6 Å². The molecular weight excluding hydrogens is 342 g/mol. The number of nitrogens with zero attached hydrogens (tertiary/aromatic N) is 1. The summed E-state index contributed by atoms with van der Waals surface area (Å²) in [5, 5.41) is 14.0. The number of rotatable bonds is 4. The fourth-order valence-electron chi connectivity index (χ4n) is 1.56. The summed E-state index contributed by atoms with van der Waals surface area (Å²) in [4.78, 5) is 26.5. The molecule has 0 saturated carbocycles. The van der Waals surface area contributed by atoms with Gasteiger partial charge in [-0.15, -0.1) is 0 Å². The number of nitrogens with one attached hydrogen (secondary N) is 2. The first-order valence-corrected chi connectivity index (χ1v) is 6.74. The van der Waals surface area contributed by atoms with Crippen LogP contribution in [0.4, 0.5) is 10.5 Å². The third-order valence-corrected chi connectivity index (χ3v) is 3.19. The largest absolute Gasteiger partial charge is 0.478 e. The molecule has 0 atom stereocenters. The molecule has 1 aromatic carbocycles. The molecule has 21 heavy (non-hydrogen) atoms. The lowest BCUT2D eigenvalue weighted by Crippen LogP contribution is -2.28. The fraction of sp³-hybridized carbons (Fsp3) is 0.154. The SMILES string of the molecule is Cc1cnc(CNC(=O)Nc2ccc(C(=O)O)cc2Br)o1. The van der Waals surface area contributed by atoms with E-state index in [2.05, 4.69) is 31.5 Å². The summed E-state index contributed by atoms with van der Waals surface area (Å²) in [6.45, 7) is 1.92. The number of oxazole rings is 1. The number of aromatic carboxylic acids is 1. The molecule has 0 fully saturated rings. The lowest BCUT2D eigenvalue weighted by atomic mass is 10.2. The summed E-state index contributed by atoms with van der Waals surface area (Å²) >= 11 is 3.21. The summed E-state index contributed by atoms with van der Waals surface area (Å²) in [5.74, 6) is 0.0353. The normalized spacial score (nSPS) is 10.2. The number of carboxylic acids is 1. The van der Waals surface area contributed by atoms with Crippen molar-refractivity contribution in [2.45, 2.75) is 13.5 Å². The first-order chi connectivity index (χ1) is 9.95. The van der Waals surface area contributed by atoms with Crippen molar-refractivity contribution in [1.29, 1.82) is 0 Å². The summed E-state index contributed by atoms with van der Waals surface area (Å²) in [6, 6.07) is 3.87. The summed E-state index contributed by atoms with van der Waals surface area (Å²) in [5.41, 5.74) is 0.587. The van der Waals surface area contributed by atoms with Gasteiger partial charge in [0, 0.05) is 4.47 Å². The average Bonchev–Trinajstić information content (AvgIpc) is 2.84. The van der Waals surface area contributed by atoms with E-state index < -0.39 is 12.0 Å². The zero-order valence-corrected chi connectivity index (χ0v) is 12.6. The molecule has 2 aromatic rings. The number of halogens is 1. The molecule has 0 aliphatic rings. The van der Waals surface area contributed by atoms with E-state index in [-0.39, 0.29) is 12.1 Å². The van der Waals surface area contributed by atoms with Gasteiger partial charge in [-0.1, -0.05) is 0 Å². The maximum atomic E-state index is 11.7. The van der Waals surface area contributed by atoms with E-state index in [9.17, 15) is 9.59 Å². The second-order valence-electron chi connectivity index (χ2n) is 4.17. The van der Waals surface area contributed by atoms with Crippen LogP contribution >= 0.6 is 15.9 Å². The van der Waals surface area contributed by atoms with Crippen LogP contribution in [0.3, 0.4) is 0 Å². The molecule has 2 rings (SSSR count). The van der Waals surface area contributed by atoms with Crippen molar-refractivity contribution in [3.63, 3.8) is 0 Å². The Hall–Kier alpha value is -2.35. The fourth-order valence-corrected chi connectivity index (χ4v) is 2.03. The summed E-state index contributed by atoms with van der Waals surface area (Å²) in [6.07, 6.45) is 1.57. The van der Waals surface area contributed by atoms with Gasteiger partial charge in [0.1, 0.15) is 5.76 Å². The third kappa shape index (κ3) is 4.06. The van der Waals surface area contributed by atoms with Crippen LogP contribution in [0.15, 0.2) is 33.3 Å². The van der Waals surface area contributed by atoms with Gasteiger partial charge in [0.25, 0.3) is 0 Å². The van der Waals surface area contributed by atoms with Gasteiger partial charge in [-0.05, 0) is 41.1 Å². The molecule has 3 N–H and O–H groups in total. The molecule has 0 bridgehead atoms. The van der Waals surface area contributed by atoms with Gasteiger partial charge in [-0.3, -0.25) is 0 Å². The molecule has 0 radical (unpaired) electrons.